The summed E-state index contributed by atoms with van der Waals surface area (Å²) in [5.41, 5.74) is 0.738. The van der Waals surface area contributed by atoms with Crippen molar-refractivity contribution in [3.05, 3.63) is 36.4 Å². The first kappa shape index (κ1) is 14.6. The minimum atomic E-state index is 0.277. The van der Waals surface area contributed by atoms with Gasteiger partial charge in [0.15, 0.2) is 17.3 Å². The predicted octanol–water partition coefficient (Wildman–Crippen LogP) is 1.43. The van der Waals surface area contributed by atoms with Crippen LogP contribution in [0.5, 0.6) is 0 Å². The van der Waals surface area contributed by atoms with Crippen molar-refractivity contribution in [1.29, 1.82) is 0 Å². The lowest BCUT2D eigenvalue weighted by molar-refractivity contribution is -0.133. The minimum Gasteiger partial charge on any atom is -0.342 e. The maximum Gasteiger partial charge on any atom is 0.225 e. The van der Waals surface area contributed by atoms with E-state index >= 15 is 0 Å². The van der Waals surface area contributed by atoms with Crippen LogP contribution in [-0.4, -0.2) is 53.5 Å². The van der Waals surface area contributed by atoms with Crippen LogP contribution < -0.4 is 0 Å². The molecule has 3 aromatic rings. The zero-order valence-corrected chi connectivity index (χ0v) is 13.8. The summed E-state index contributed by atoms with van der Waals surface area (Å²) in [4.78, 5) is 14.2. The van der Waals surface area contributed by atoms with Gasteiger partial charge in [-0.15, -0.1) is 15.3 Å². The summed E-state index contributed by atoms with van der Waals surface area (Å²) in [6.45, 7) is 1.60. The molecule has 8 heteroatoms. The summed E-state index contributed by atoms with van der Waals surface area (Å²) in [5.74, 6) is 2.52. The highest BCUT2D eigenvalue weighted by molar-refractivity contribution is 5.81. The molecular weight excluding hydrogens is 318 g/mol. The van der Waals surface area contributed by atoms with Crippen LogP contribution in [0.2, 0.25) is 0 Å². The Kier molecular flexibility index (Phi) is 3.29. The Morgan fingerprint density at radius 3 is 2.64 bits per heavy atom. The molecule has 0 aromatic carbocycles. The standard InChI is InChI=1S/C17H19N7O/c25-17(13-2-3-13)22-10-6-12(7-11-22)16-20-19-14-4-5-15(21-24(14)16)23-9-1-8-18-23/h1,4-5,8-9,12-13H,2-3,6-7,10-11H2. The van der Waals surface area contributed by atoms with Gasteiger partial charge in [-0.1, -0.05) is 0 Å². The summed E-state index contributed by atoms with van der Waals surface area (Å²) < 4.78 is 3.54. The van der Waals surface area contributed by atoms with Crippen molar-refractivity contribution in [1.82, 2.24) is 34.5 Å². The van der Waals surface area contributed by atoms with Gasteiger partial charge < -0.3 is 4.90 Å². The summed E-state index contributed by atoms with van der Waals surface area (Å²) in [6, 6.07) is 5.66. The second-order valence-electron chi connectivity index (χ2n) is 6.84. The first-order chi connectivity index (χ1) is 12.3. The molecule has 1 saturated carbocycles. The van der Waals surface area contributed by atoms with Gasteiger partial charge in [-0.2, -0.15) is 9.61 Å². The lowest BCUT2D eigenvalue weighted by atomic mass is 9.96. The third kappa shape index (κ3) is 2.57. The number of fused-ring (bicyclic) bond motifs is 1. The number of carbonyl (C=O) groups excluding carboxylic acids is 1. The fourth-order valence-electron chi connectivity index (χ4n) is 3.52. The lowest BCUT2D eigenvalue weighted by Crippen LogP contribution is -2.39. The third-order valence-corrected chi connectivity index (χ3v) is 5.11. The molecule has 2 aliphatic rings. The third-order valence-electron chi connectivity index (χ3n) is 5.11. The van der Waals surface area contributed by atoms with Crippen molar-refractivity contribution in [2.24, 2.45) is 5.92 Å². The van der Waals surface area contributed by atoms with Gasteiger partial charge in [0.25, 0.3) is 0 Å². The van der Waals surface area contributed by atoms with Gasteiger partial charge in [0.05, 0.1) is 0 Å². The number of likely N-dealkylation sites (tertiary alicyclic amines) is 1. The zero-order valence-electron chi connectivity index (χ0n) is 13.8. The normalized spacial score (nSPS) is 18.8. The second-order valence-corrected chi connectivity index (χ2v) is 6.84. The van der Waals surface area contributed by atoms with Crippen molar-refractivity contribution in [3.63, 3.8) is 0 Å². The van der Waals surface area contributed by atoms with E-state index in [1.807, 2.05) is 33.8 Å². The van der Waals surface area contributed by atoms with E-state index in [2.05, 4.69) is 20.4 Å². The van der Waals surface area contributed by atoms with E-state index in [1.165, 1.54) is 0 Å². The summed E-state index contributed by atoms with van der Waals surface area (Å²) in [5, 5.41) is 17.5. The van der Waals surface area contributed by atoms with Crippen LogP contribution in [0.4, 0.5) is 0 Å². The van der Waals surface area contributed by atoms with Gasteiger partial charge in [0.1, 0.15) is 0 Å². The Balaban J connectivity index is 1.39. The number of hydrogen-bond donors (Lipinski definition) is 0. The Labute approximate surface area is 144 Å². The highest BCUT2D eigenvalue weighted by Gasteiger charge is 2.35. The van der Waals surface area contributed by atoms with Crippen molar-refractivity contribution < 1.29 is 4.79 Å². The van der Waals surface area contributed by atoms with Gasteiger partial charge in [0.2, 0.25) is 5.91 Å². The SMILES string of the molecule is O=C(C1CC1)N1CCC(c2nnc3ccc(-n4cccn4)nn23)CC1. The molecule has 1 aliphatic carbocycles. The molecule has 1 aliphatic heterocycles. The zero-order chi connectivity index (χ0) is 16.8. The largest absolute Gasteiger partial charge is 0.342 e. The van der Waals surface area contributed by atoms with Crippen LogP contribution in [0.25, 0.3) is 11.5 Å². The molecule has 0 N–H and O–H groups in total. The van der Waals surface area contributed by atoms with Crippen LogP contribution in [0, 0.1) is 5.92 Å². The lowest BCUT2D eigenvalue weighted by Gasteiger charge is -2.31. The molecule has 1 saturated heterocycles. The van der Waals surface area contributed by atoms with Crippen molar-refractivity contribution in [2.75, 3.05) is 13.1 Å². The summed E-state index contributed by atoms with van der Waals surface area (Å²) in [7, 11) is 0. The molecule has 0 spiro atoms. The average molecular weight is 337 g/mol. The molecule has 8 nitrogen and oxygen atoms in total. The molecule has 0 unspecified atom stereocenters. The highest BCUT2D eigenvalue weighted by atomic mass is 16.2. The number of piperidine rings is 1. The van der Waals surface area contributed by atoms with E-state index in [1.54, 1.807) is 10.9 Å². The van der Waals surface area contributed by atoms with E-state index in [9.17, 15) is 4.79 Å². The monoisotopic (exact) mass is 337 g/mol. The second kappa shape index (κ2) is 5.65. The topological polar surface area (TPSA) is 81.2 Å². The van der Waals surface area contributed by atoms with E-state index in [0.29, 0.717) is 11.8 Å². The Hall–Kier alpha value is -2.77. The maximum atomic E-state index is 12.2. The Morgan fingerprint density at radius 2 is 1.92 bits per heavy atom. The van der Waals surface area contributed by atoms with Crippen molar-refractivity contribution in [2.45, 2.75) is 31.6 Å². The quantitative estimate of drug-likeness (QED) is 0.722. The number of amides is 1. The fraction of sp³-hybridized carbons (Fsp3) is 0.471. The molecular formula is C17H19N7O. The summed E-state index contributed by atoms with van der Waals surface area (Å²) >= 11 is 0. The number of nitrogens with zero attached hydrogens (tertiary/aromatic N) is 7. The molecule has 5 rings (SSSR count). The van der Waals surface area contributed by atoms with Gasteiger partial charge in [-0.25, -0.2) is 4.68 Å². The Morgan fingerprint density at radius 1 is 1.08 bits per heavy atom. The molecule has 1 amide bonds. The molecule has 0 atom stereocenters. The first-order valence-corrected chi connectivity index (χ1v) is 8.81. The van der Waals surface area contributed by atoms with Crippen LogP contribution in [-0.2, 0) is 4.79 Å². The van der Waals surface area contributed by atoms with Crippen LogP contribution >= 0.6 is 0 Å². The van der Waals surface area contributed by atoms with Gasteiger partial charge in [-0.05, 0) is 43.9 Å². The number of carbonyl (C=O) groups is 1. The van der Waals surface area contributed by atoms with Gasteiger partial charge >= 0.3 is 0 Å². The first-order valence-electron chi connectivity index (χ1n) is 8.81. The van der Waals surface area contributed by atoms with Gasteiger partial charge in [0, 0.05) is 37.3 Å². The fourth-order valence-corrected chi connectivity index (χ4v) is 3.52. The van der Waals surface area contributed by atoms with Crippen LogP contribution in [0.3, 0.4) is 0 Å². The van der Waals surface area contributed by atoms with Gasteiger partial charge in [-0.3, -0.25) is 4.79 Å². The molecule has 0 radical (unpaired) electrons. The highest BCUT2D eigenvalue weighted by Crippen LogP contribution is 2.34. The molecule has 0 bridgehead atoms. The molecule has 128 valence electrons. The predicted molar refractivity (Wildman–Crippen MR) is 89.2 cm³/mol. The van der Waals surface area contributed by atoms with E-state index in [4.69, 9.17) is 0 Å². The van der Waals surface area contributed by atoms with Crippen molar-refractivity contribution >= 4 is 11.6 Å². The van der Waals surface area contributed by atoms with Crippen LogP contribution in [0.1, 0.15) is 37.4 Å². The Bertz CT molecular complexity index is 904. The van der Waals surface area contributed by atoms with E-state index in [0.717, 1.165) is 56.1 Å². The summed E-state index contributed by atoms with van der Waals surface area (Å²) in [6.07, 6.45) is 7.53. The number of rotatable bonds is 3. The number of aromatic nitrogens is 6. The molecule has 25 heavy (non-hydrogen) atoms. The molecule has 4 heterocycles. The van der Waals surface area contributed by atoms with Crippen LogP contribution in [0.15, 0.2) is 30.6 Å². The van der Waals surface area contributed by atoms with E-state index < -0.39 is 0 Å². The average Bonchev–Trinajstić information content (AvgIpc) is 3.19. The minimum absolute atomic E-state index is 0.277. The smallest absolute Gasteiger partial charge is 0.225 e. The molecule has 2 fully saturated rings. The number of hydrogen-bond acceptors (Lipinski definition) is 5. The molecule has 3 aromatic heterocycles. The maximum absolute atomic E-state index is 12.2. The van der Waals surface area contributed by atoms with E-state index in [-0.39, 0.29) is 5.92 Å². The van der Waals surface area contributed by atoms with Crippen molar-refractivity contribution in [3.8, 4) is 5.82 Å².